The van der Waals surface area contributed by atoms with Crippen molar-refractivity contribution < 1.29 is 0 Å². The quantitative estimate of drug-likeness (QED) is 0.844. The van der Waals surface area contributed by atoms with Gasteiger partial charge in [0.25, 0.3) is 0 Å². The number of hydrogen-bond donors (Lipinski definition) is 1. The predicted molar refractivity (Wildman–Crippen MR) is 82.5 cm³/mol. The standard InChI is InChI=1S/C17H28N2/c1-4-11-19-12-10-15(13-18-3)17(19)16-9-7-6-8-14(16)5-2/h6-9,15,17-18H,4-5,10-13H2,1-3H3. The van der Waals surface area contributed by atoms with Crippen LogP contribution in [0.15, 0.2) is 24.3 Å². The highest BCUT2D eigenvalue weighted by Crippen LogP contribution is 2.38. The first-order chi connectivity index (χ1) is 9.31. The van der Waals surface area contributed by atoms with Crippen LogP contribution in [0.4, 0.5) is 0 Å². The van der Waals surface area contributed by atoms with Crippen molar-refractivity contribution in [3.8, 4) is 0 Å². The highest BCUT2D eigenvalue weighted by molar-refractivity contribution is 5.31. The Balaban J connectivity index is 2.29. The smallest absolute Gasteiger partial charge is 0.0391 e. The molecule has 1 aliphatic heterocycles. The fourth-order valence-electron chi connectivity index (χ4n) is 3.54. The van der Waals surface area contributed by atoms with Crippen LogP contribution in [-0.2, 0) is 6.42 Å². The lowest BCUT2D eigenvalue weighted by Crippen LogP contribution is -2.30. The SMILES string of the molecule is CCCN1CCC(CNC)C1c1ccccc1CC. The Kier molecular flexibility index (Phi) is 5.41. The summed E-state index contributed by atoms with van der Waals surface area (Å²) in [6.07, 6.45) is 3.71. The largest absolute Gasteiger partial charge is 0.319 e. The van der Waals surface area contributed by atoms with E-state index in [1.54, 1.807) is 5.56 Å². The second kappa shape index (κ2) is 7.06. The molecule has 2 atom stereocenters. The van der Waals surface area contributed by atoms with Gasteiger partial charge in [-0.15, -0.1) is 0 Å². The third-order valence-electron chi connectivity index (χ3n) is 4.36. The average Bonchev–Trinajstić information content (AvgIpc) is 2.82. The monoisotopic (exact) mass is 260 g/mol. The zero-order valence-corrected chi connectivity index (χ0v) is 12.7. The maximum absolute atomic E-state index is 3.38. The van der Waals surface area contributed by atoms with Crippen molar-refractivity contribution >= 4 is 0 Å². The molecule has 0 saturated carbocycles. The molecule has 1 aromatic rings. The van der Waals surface area contributed by atoms with Gasteiger partial charge in [-0.3, -0.25) is 4.90 Å². The van der Waals surface area contributed by atoms with Gasteiger partial charge in [-0.2, -0.15) is 0 Å². The third kappa shape index (κ3) is 3.18. The Morgan fingerprint density at radius 2 is 2.05 bits per heavy atom. The number of hydrogen-bond acceptors (Lipinski definition) is 2. The van der Waals surface area contributed by atoms with E-state index in [1.807, 2.05) is 0 Å². The Bertz CT molecular complexity index is 375. The van der Waals surface area contributed by atoms with Crippen molar-refractivity contribution in [3.05, 3.63) is 35.4 Å². The van der Waals surface area contributed by atoms with Crippen LogP contribution in [0.25, 0.3) is 0 Å². The van der Waals surface area contributed by atoms with Crippen LogP contribution < -0.4 is 5.32 Å². The number of aryl methyl sites for hydroxylation is 1. The van der Waals surface area contributed by atoms with Crippen LogP contribution in [0.1, 0.15) is 43.9 Å². The summed E-state index contributed by atoms with van der Waals surface area (Å²) in [7, 11) is 2.07. The second-order valence-electron chi connectivity index (χ2n) is 5.64. The Morgan fingerprint density at radius 3 is 2.74 bits per heavy atom. The molecule has 1 aromatic carbocycles. The van der Waals surface area contributed by atoms with Crippen molar-refractivity contribution in [2.45, 2.75) is 39.2 Å². The van der Waals surface area contributed by atoms with Crippen LogP contribution in [0.2, 0.25) is 0 Å². The number of benzene rings is 1. The summed E-state index contributed by atoms with van der Waals surface area (Å²) in [5.41, 5.74) is 3.09. The van der Waals surface area contributed by atoms with Gasteiger partial charge in [-0.25, -0.2) is 0 Å². The molecule has 1 N–H and O–H groups in total. The van der Waals surface area contributed by atoms with Crippen LogP contribution >= 0.6 is 0 Å². The third-order valence-corrected chi connectivity index (χ3v) is 4.36. The highest BCUT2D eigenvalue weighted by atomic mass is 15.2. The first-order valence-corrected chi connectivity index (χ1v) is 7.78. The summed E-state index contributed by atoms with van der Waals surface area (Å²) in [6, 6.07) is 9.64. The summed E-state index contributed by atoms with van der Waals surface area (Å²) in [6.45, 7) is 8.16. The maximum atomic E-state index is 3.38. The van der Waals surface area contributed by atoms with Gasteiger partial charge in [0.1, 0.15) is 0 Å². The molecule has 2 rings (SSSR count). The van der Waals surface area contributed by atoms with E-state index in [4.69, 9.17) is 0 Å². The van der Waals surface area contributed by atoms with Crippen molar-refractivity contribution in [2.75, 3.05) is 26.7 Å². The molecule has 0 spiro atoms. The van der Waals surface area contributed by atoms with E-state index in [-0.39, 0.29) is 0 Å². The van der Waals surface area contributed by atoms with Crippen molar-refractivity contribution in [1.82, 2.24) is 10.2 Å². The van der Waals surface area contributed by atoms with Gasteiger partial charge in [-0.1, -0.05) is 38.1 Å². The van der Waals surface area contributed by atoms with Crippen molar-refractivity contribution in [3.63, 3.8) is 0 Å². The zero-order valence-electron chi connectivity index (χ0n) is 12.7. The minimum Gasteiger partial charge on any atom is -0.319 e. The molecule has 2 nitrogen and oxygen atoms in total. The van der Waals surface area contributed by atoms with E-state index in [0.717, 1.165) is 18.9 Å². The average molecular weight is 260 g/mol. The molecule has 0 radical (unpaired) electrons. The number of rotatable bonds is 6. The van der Waals surface area contributed by atoms with Crippen molar-refractivity contribution in [2.24, 2.45) is 5.92 Å². The maximum Gasteiger partial charge on any atom is 0.0391 e. The van der Waals surface area contributed by atoms with E-state index in [2.05, 4.69) is 55.4 Å². The molecule has 106 valence electrons. The summed E-state index contributed by atoms with van der Waals surface area (Å²) in [5, 5.41) is 3.38. The molecule has 1 heterocycles. The molecule has 0 aromatic heterocycles. The molecule has 0 amide bonds. The topological polar surface area (TPSA) is 15.3 Å². The van der Waals surface area contributed by atoms with Crippen LogP contribution in [0, 0.1) is 5.92 Å². The number of nitrogens with one attached hydrogen (secondary N) is 1. The molecule has 0 aliphatic carbocycles. The Labute approximate surface area is 118 Å². The van der Waals surface area contributed by atoms with Gasteiger partial charge in [0, 0.05) is 6.04 Å². The van der Waals surface area contributed by atoms with Crippen LogP contribution in [0.5, 0.6) is 0 Å². The lowest BCUT2D eigenvalue weighted by molar-refractivity contribution is 0.226. The zero-order chi connectivity index (χ0) is 13.7. The van der Waals surface area contributed by atoms with E-state index >= 15 is 0 Å². The molecular formula is C17H28N2. The Morgan fingerprint density at radius 1 is 1.26 bits per heavy atom. The summed E-state index contributed by atoms with van der Waals surface area (Å²) in [4.78, 5) is 2.69. The number of nitrogens with zero attached hydrogens (tertiary/aromatic N) is 1. The van der Waals surface area contributed by atoms with Crippen LogP contribution in [-0.4, -0.2) is 31.6 Å². The van der Waals surface area contributed by atoms with Gasteiger partial charge in [0.05, 0.1) is 0 Å². The summed E-state index contributed by atoms with van der Waals surface area (Å²) in [5.74, 6) is 0.754. The number of likely N-dealkylation sites (tertiary alicyclic amines) is 1. The van der Waals surface area contributed by atoms with Crippen LogP contribution in [0.3, 0.4) is 0 Å². The van der Waals surface area contributed by atoms with Gasteiger partial charge >= 0.3 is 0 Å². The fraction of sp³-hybridized carbons (Fsp3) is 0.647. The minimum atomic E-state index is 0.614. The predicted octanol–water partition coefficient (Wildman–Crippen LogP) is 3.24. The van der Waals surface area contributed by atoms with Gasteiger partial charge < -0.3 is 5.32 Å². The van der Waals surface area contributed by atoms with Gasteiger partial charge in [0.2, 0.25) is 0 Å². The molecule has 1 aliphatic rings. The van der Waals surface area contributed by atoms with E-state index in [1.165, 1.54) is 31.5 Å². The first-order valence-electron chi connectivity index (χ1n) is 7.78. The lowest BCUT2D eigenvalue weighted by atomic mass is 9.89. The minimum absolute atomic E-state index is 0.614. The van der Waals surface area contributed by atoms with E-state index in [0.29, 0.717) is 6.04 Å². The molecule has 1 saturated heterocycles. The summed E-state index contributed by atoms with van der Waals surface area (Å²) >= 11 is 0. The molecule has 19 heavy (non-hydrogen) atoms. The fourth-order valence-corrected chi connectivity index (χ4v) is 3.54. The van der Waals surface area contributed by atoms with Crippen molar-refractivity contribution in [1.29, 1.82) is 0 Å². The second-order valence-corrected chi connectivity index (χ2v) is 5.64. The molecular weight excluding hydrogens is 232 g/mol. The van der Waals surface area contributed by atoms with Gasteiger partial charge in [0.15, 0.2) is 0 Å². The Hall–Kier alpha value is -0.860. The highest BCUT2D eigenvalue weighted by Gasteiger charge is 2.34. The van der Waals surface area contributed by atoms with E-state index < -0.39 is 0 Å². The summed E-state index contributed by atoms with van der Waals surface area (Å²) < 4.78 is 0. The first kappa shape index (κ1) is 14.5. The molecule has 2 unspecified atom stereocenters. The molecule has 0 bridgehead atoms. The normalized spacial score (nSPS) is 23.9. The molecule has 1 fully saturated rings. The van der Waals surface area contributed by atoms with E-state index in [9.17, 15) is 0 Å². The van der Waals surface area contributed by atoms with Gasteiger partial charge in [-0.05, 0) is 63.0 Å². The molecule has 2 heteroatoms. The lowest BCUT2D eigenvalue weighted by Gasteiger charge is -2.30.